The maximum Gasteiger partial charge on any atom is 0.167 e. The highest BCUT2D eigenvalue weighted by atomic mass is 16.5. The molecule has 1 atom stereocenters. The van der Waals surface area contributed by atoms with Crippen LogP contribution in [0.2, 0.25) is 0 Å². The second-order valence-corrected chi connectivity index (χ2v) is 6.91. The van der Waals surface area contributed by atoms with Gasteiger partial charge in [-0.15, -0.1) is 0 Å². The van der Waals surface area contributed by atoms with E-state index in [4.69, 9.17) is 4.74 Å². The largest absolute Gasteiger partial charge is 0.375 e. The predicted octanol–water partition coefficient (Wildman–Crippen LogP) is 3.47. The smallest absolute Gasteiger partial charge is 0.167 e. The number of carbonyl (C=O) groups is 1. The Balaban J connectivity index is 1.89. The molecule has 0 aliphatic carbocycles. The standard InChI is InChI=1S/C17H23N3O2/c1-10(2)13-9-19-16-15(20-13)12(8-18-16)14(21)7-11-5-6-22-17(11,3)4/h8-11H,5-7H2,1-4H3,(H,18,19). The first-order valence-corrected chi connectivity index (χ1v) is 7.89. The zero-order chi connectivity index (χ0) is 15.9. The molecule has 0 aromatic carbocycles. The molecule has 1 saturated heterocycles. The quantitative estimate of drug-likeness (QED) is 0.878. The van der Waals surface area contributed by atoms with Crippen LogP contribution in [0.25, 0.3) is 11.2 Å². The number of H-pyrrole nitrogens is 1. The number of fused-ring (bicyclic) bond motifs is 1. The van der Waals surface area contributed by atoms with Crippen LogP contribution in [-0.2, 0) is 4.74 Å². The summed E-state index contributed by atoms with van der Waals surface area (Å²) in [5.74, 6) is 0.660. The third kappa shape index (κ3) is 2.65. The van der Waals surface area contributed by atoms with Gasteiger partial charge in [-0.1, -0.05) is 13.8 Å². The summed E-state index contributed by atoms with van der Waals surface area (Å²) in [4.78, 5) is 24.7. The Labute approximate surface area is 130 Å². The van der Waals surface area contributed by atoms with Gasteiger partial charge in [-0.05, 0) is 32.1 Å². The summed E-state index contributed by atoms with van der Waals surface area (Å²) in [5, 5.41) is 0. The SMILES string of the molecule is CC(C)c1cnc2[nH]cc(C(=O)CC3CCOC3(C)C)c2n1. The van der Waals surface area contributed by atoms with E-state index in [0.717, 1.165) is 18.7 Å². The lowest BCUT2D eigenvalue weighted by Crippen LogP contribution is -2.29. The molecule has 5 nitrogen and oxygen atoms in total. The van der Waals surface area contributed by atoms with Crippen molar-refractivity contribution in [2.24, 2.45) is 5.92 Å². The first-order valence-electron chi connectivity index (χ1n) is 7.89. The number of hydrogen-bond donors (Lipinski definition) is 1. The van der Waals surface area contributed by atoms with Crippen LogP contribution in [0, 0.1) is 5.92 Å². The van der Waals surface area contributed by atoms with Crippen LogP contribution in [0.3, 0.4) is 0 Å². The van der Waals surface area contributed by atoms with Crippen molar-refractivity contribution in [2.45, 2.75) is 52.1 Å². The van der Waals surface area contributed by atoms with E-state index < -0.39 is 0 Å². The molecule has 2 aromatic heterocycles. The third-order valence-corrected chi connectivity index (χ3v) is 4.65. The Bertz CT molecular complexity index is 703. The lowest BCUT2D eigenvalue weighted by molar-refractivity contribution is 0.00970. The van der Waals surface area contributed by atoms with Gasteiger partial charge in [0.15, 0.2) is 11.4 Å². The zero-order valence-electron chi connectivity index (χ0n) is 13.6. The van der Waals surface area contributed by atoms with Crippen LogP contribution >= 0.6 is 0 Å². The summed E-state index contributed by atoms with van der Waals surface area (Å²) in [7, 11) is 0. The van der Waals surface area contributed by atoms with Gasteiger partial charge in [-0.3, -0.25) is 4.79 Å². The number of hydrogen-bond acceptors (Lipinski definition) is 4. The molecule has 3 rings (SSSR count). The van der Waals surface area contributed by atoms with Crippen molar-refractivity contribution < 1.29 is 9.53 Å². The molecule has 1 aliphatic rings. The normalized spacial score (nSPS) is 20.9. The number of aromatic amines is 1. The van der Waals surface area contributed by atoms with Gasteiger partial charge in [-0.25, -0.2) is 9.97 Å². The van der Waals surface area contributed by atoms with Gasteiger partial charge in [0.05, 0.1) is 23.1 Å². The molecule has 0 spiro atoms. The van der Waals surface area contributed by atoms with Crippen molar-refractivity contribution in [1.29, 1.82) is 0 Å². The predicted molar refractivity (Wildman–Crippen MR) is 85.1 cm³/mol. The summed E-state index contributed by atoms with van der Waals surface area (Å²) < 4.78 is 5.72. The second-order valence-electron chi connectivity index (χ2n) is 6.91. The van der Waals surface area contributed by atoms with E-state index in [1.165, 1.54) is 0 Å². The summed E-state index contributed by atoms with van der Waals surface area (Å²) in [6.45, 7) is 8.99. The average molecular weight is 301 g/mol. The van der Waals surface area contributed by atoms with E-state index in [1.54, 1.807) is 12.4 Å². The van der Waals surface area contributed by atoms with Crippen LogP contribution in [-0.4, -0.2) is 32.9 Å². The van der Waals surface area contributed by atoms with Crippen molar-refractivity contribution in [3.63, 3.8) is 0 Å². The molecular weight excluding hydrogens is 278 g/mol. The highest BCUT2D eigenvalue weighted by molar-refractivity contribution is 6.05. The van der Waals surface area contributed by atoms with Gasteiger partial charge in [0.2, 0.25) is 0 Å². The molecule has 118 valence electrons. The van der Waals surface area contributed by atoms with Crippen molar-refractivity contribution >= 4 is 16.9 Å². The minimum atomic E-state index is -0.226. The number of rotatable bonds is 4. The van der Waals surface area contributed by atoms with Crippen LogP contribution < -0.4 is 0 Å². The summed E-state index contributed by atoms with van der Waals surface area (Å²) >= 11 is 0. The number of nitrogens with zero attached hydrogens (tertiary/aromatic N) is 2. The maximum absolute atomic E-state index is 12.7. The number of ketones is 1. The van der Waals surface area contributed by atoms with Gasteiger partial charge < -0.3 is 9.72 Å². The molecule has 1 unspecified atom stereocenters. The lowest BCUT2D eigenvalue weighted by atomic mass is 9.85. The molecule has 0 radical (unpaired) electrons. The molecule has 3 heterocycles. The van der Waals surface area contributed by atoms with E-state index in [1.807, 2.05) is 0 Å². The van der Waals surface area contributed by atoms with E-state index in [2.05, 4.69) is 42.6 Å². The Hall–Kier alpha value is -1.75. The van der Waals surface area contributed by atoms with E-state index in [-0.39, 0.29) is 23.2 Å². The van der Waals surface area contributed by atoms with Gasteiger partial charge in [0.25, 0.3) is 0 Å². The molecule has 2 aromatic rings. The highest BCUT2D eigenvalue weighted by Gasteiger charge is 2.37. The van der Waals surface area contributed by atoms with Crippen LogP contribution in [0.15, 0.2) is 12.4 Å². The van der Waals surface area contributed by atoms with Crippen molar-refractivity contribution in [3.8, 4) is 0 Å². The molecular formula is C17H23N3O2. The monoisotopic (exact) mass is 301 g/mol. The molecule has 0 bridgehead atoms. The molecule has 5 heteroatoms. The highest BCUT2D eigenvalue weighted by Crippen LogP contribution is 2.35. The van der Waals surface area contributed by atoms with E-state index >= 15 is 0 Å². The summed E-state index contributed by atoms with van der Waals surface area (Å²) in [6.07, 6.45) is 4.93. The number of Topliss-reactive ketones (excluding diaryl/α,β-unsaturated/α-hetero) is 1. The molecule has 1 N–H and O–H groups in total. The van der Waals surface area contributed by atoms with Crippen LogP contribution in [0.5, 0.6) is 0 Å². The number of aromatic nitrogens is 3. The average Bonchev–Trinajstić information content (AvgIpc) is 3.01. The number of carbonyl (C=O) groups excluding carboxylic acids is 1. The Morgan fingerprint density at radius 1 is 1.50 bits per heavy atom. The van der Waals surface area contributed by atoms with Gasteiger partial charge >= 0.3 is 0 Å². The molecule has 1 fully saturated rings. The molecule has 1 aliphatic heterocycles. The number of ether oxygens (including phenoxy) is 1. The minimum absolute atomic E-state index is 0.116. The molecule has 0 amide bonds. The lowest BCUT2D eigenvalue weighted by Gasteiger charge is -2.25. The molecule has 22 heavy (non-hydrogen) atoms. The number of nitrogens with one attached hydrogen (secondary N) is 1. The topological polar surface area (TPSA) is 67.9 Å². The molecule has 0 saturated carbocycles. The zero-order valence-corrected chi connectivity index (χ0v) is 13.6. The maximum atomic E-state index is 12.7. The van der Waals surface area contributed by atoms with E-state index in [0.29, 0.717) is 23.1 Å². The van der Waals surface area contributed by atoms with Crippen LogP contribution in [0.1, 0.15) is 62.5 Å². The van der Waals surface area contributed by atoms with Gasteiger partial charge in [0.1, 0.15) is 5.52 Å². The summed E-state index contributed by atoms with van der Waals surface area (Å²) in [5.41, 5.74) is 2.69. The fourth-order valence-electron chi connectivity index (χ4n) is 3.01. The summed E-state index contributed by atoms with van der Waals surface area (Å²) in [6, 6.07) is 0. The Morgan fingerprint density at radius 3 is 2.91 bits per heavy atom. The third-order valence-electron chi connectivity index (χ3n) is 4.65. The van der Waals surface area contributed by atoms with E-state index in [9.17, 15) is 4.79 Å². The first kappa shape index (κ1) is 15.2. The first-order chi connectivity index (χ1) is 10.4. The fourth-order valence-corrected chi connectivity index (χ4v) is 3.01. The van der Waals surface area contributed by atoms with Crippen molar-refractivity contribution in [3.05, 3.63) is 23.7 Å². The van der Waals surface area contributed by atoms with Crippen molar-refractivity contribution in [2.75, 3.05) is 6.61 Å². The van der Waals surface area contributed by atoms with Crippen molar-refractivity contribution in [1.82, 2.24) is 15.0 Å². The van der Waals surface area contributed by atoms with Gasteiger partial charge in [0, 0.05) is 19.2 Å². The Morgan fingerprint density at radius 2 is 2.27 bits per heavy atom. The Kier molecular flexibility index (Phi) is 3.77. The van der Waals surface area contributed by atoms with Gasteiger partial charge in [-0.2, -0.15) is 0 Å². The second kappa shape index (κ2) is 5.47. The van der Waals surface area contributed by atoms with Crippen LogP contribution in [0.4, 0.5) is 0 Å². The fraction of sp³-hybridized carbons (Fsp3) is 0.588. The minimum Gasteiger partial charge on any atom is -0.375 e.